The zero-order valence-corrected chi connectivity index (χ0v) is 5.37. The predicted molar refractivity (Wildman–Crippen MR) is 38.0 cm³/mol. The van der Waals surface area contributed by atoms with Crippen molar-refractivity contribution in [2.75, 3.05) is 7.11 Å². The minimum atomic E-state index is 0.455. The molecule has 0 aromatic carbocycles. The van der Waals surface area contributed by atoms with Crippen molar-refractivity contribution in [3.05, 3.63) is 25.1 Å². The van der Waals surface area contributed by atoms with Crippen LogP contribution in [0.4, 0.5) is 0 Å². The number of ether oxygens (including phenoxy) is 1. The molecule has 0 fully saturated rings. The molecule has 0 unspecified atom stereocenters. The van der Waals surface area contributed by atoms with E-state index < -0.39 is 0 Å². The number of nitrogens with zero attached hydrogens (tertiary/aromatic N) is 1. The number of hydrogen-bond acceptors (Lipinski definition) is 3. The van der Waals surface area contributed by atoms with E-state index in [1.54, 1.807) is 0 Å². The summed E-state index contributed by atoms with van der Waals surface area (Å²) >= 11 is 0. The Bertz CT molecular complexity index is 138. The van der Waals surface area contributed by atoms with Gasteiger partial charge in [-0.15, -0.1) is 0 Å². The van der Waals surface area contributed by atoms with Gasteiger partial charge in [-0.25, -0.2) is 4.99 Å². The first-order valence-electron chi connectivity index (χ1n) is 2.46. The first kappa shape index (κ1) is 7.75. The lowest BCUT2D eigenvalue weighted by molar-refractivity contribution is 0.407. The second-order valence-corrected chi connectivity index (χ2v) is 1.22. The van der Waals surface area contributed by atoms with Crippen LogP contribution in [0.2, 0.25) is 0 Å². The van der Waals surface area contributed by atoms with Crippen molar-refractivity contribution in [2.24, 2.45) is 10.7 Å². The molecule has 0 aliphatic heterocycles. The Morgan fingerprint density at radius 3 is 2.78 bits per heavy atom. The van der Waals surface area contributed by atoms with Gasteiger partial charge in [0.1, 0.15) is 0 Å². The summed E-state index contributed by atoms with van der Waals surface area (Å²) < 4.78 is 4.73. The van der Waals surface area contributed by atoms with E-state index in [0.717, 1.165) is 0 Å². The molecule has 9 heavy (non-hydrogen) atoms. The van der Waals surface area contributed by atoms with Gasteiger partial charge in [0.25, 0.3) is 0 Å². The third kappa shape index (κ3) is 3.34. The number of hydrogen-bond donors (Lipinski definition) is 1. The Morgan fingerprint density at radius 2 is 2.44 bits per heavy atom. The molecule has 0 atom stereocenters. The van der Waals surface area contributed by atoms with Gasteiger partial charge in [0.15, 0.2) is 0 Å². The Hall–Kier alpha value is -1.25. The highest BCUT2D eigenvalue weighted by atomic mass is 16.5. The quantitative estimate of drug-likeness (QED) is 0.436. The molecular formula is C6H10N2O. The van der Waals surface area contributed by atoms with Crippen LogP contribution in [0.5, 0.6) is 0 Å². The van der Waals surface area contributed by atoms with Crippen LogP contribution in [0, 0.1) is 0 Å². The average Bonchev–Trinajstić information content (AvgIpc) is 1.91. The summed E-state index contributed by atoms with van der Waals surface area (Å²) in [7, 11) is 1.52. The highest BCUT2D eigenvalue weighted by molar-refractivity contribution is 5.87. The monoisotopic (exact) mass is 126 g/mol. The van der Waals surface area contributed by atoms with Crippen molar-refractivity contribution >= 4 is 5.90 Å². The molecule has 3 heteroatoms. The topological polar surface area (TPSA) is 47.6 Å². The summed E-state index contributed by atoms with van der Waals surface area (Å²) in [6.07, 6.45) is 4.25. The number of methoxy groups -OCH3 is 1. The standard InChI is InChI=1S/C6H10N2O/c1-3-6(9-2)8-5-4-7/h3-5H,1,7H2,2H3/b5-4+,8-6?. The molecular weight excluding hydrogens is 116 g/mol. The molecule has 0 aliphatic rings. The zero-order valence-electron chi connectivity index (χ0n) is 5.37. The van der Waals surface area contributed by atoms with Crippen molar-refractivity contribution in [3.8, 4) is 0 Å². The molecule has 3 nitrogen and oxygen atoms in total. The van der Waals surface area contributed by atoms with Crippen LogP contribution in [0.15, 0.2) is 30.0 Å². The largest absolute Gasteiger partial charge is 0.481 e. The van der Waals surface area contributed by atoms with Crippen LogP contribution in [0.1, 0.15) is 0 Å². The van der Waals surface area contributed by atoms with Gasteiger partial charge < -0.3 is 10.5 Å². The van der Waals surface area contributed by atoms with E-state index in [9.17, 15) is 0 Å². The Labute approximate surface area is 54.5 Å². The van der Waals surface area contributed by atoms with Crippen LogP contribution in [-0.2, 0) is 4.74 Å². The highest BCUT2D eigenvalue weighted by Gasteiger charge is 1.82. The maximum absolute atomic E-state index is 5.01. The van der Waals surface area contributed by atoms with Gasteiger partial charge in [-0.05, 0) is 6.08 Å². The second-order valence-electron chi connectivity index (χ2n) is 1.22. The maximum Gasteiger partial charge on any atom is 0.212 e. The molecule has 0 rings (SSSR count). The Kier molecular flexibility index (Phi) is 4.22. The molecule has 0 saturated carbocycles. The molecule has 0 aliphatic carbocycles. The summed E-state index contributed by atoms with van der Waals surface area (Å²) in [5.41, 5.74) is 5.01. The molecule has 0 heterocycles. The van der Waals surface area contributed by atoms with Gasteiger partial charge in [0, 0.05) is 12.4 Å². The number of rotatable bonds is 2. The van der Waals surface area contributed by atoms with Crippen LogP contribution >= 0.6 is 0 Å². The maximum atomic E-state index is 5.01. The van der Waals surface area contributed by atoms with Gasteiger partial charge in [-0.3, -0.25) is 0 Å². The fourth-order valence-corrected chi connectivity index (χ4v) is 0.305. The predicted octanol–water partition coefficient (Wildman–Crippen LogP) is 0.647. The average molecular weight is 126 g/mol. The van der Waals surface area contributed by atoms with Crippen LogP contribution in [0.25, 0.3) is 0 Å². The Balaban J connectivity index is 3.90. The van der Waals surface area contributed by atoms with Crippen molar-refractivity contribution in [3.63, 3.8) is 0 Å². The van der Waals surface area contributed by atoms with E-state index in [0.29, 0.717) is 5.90 Å². The van der Waals surface area contributed by atoms with Crippen molar-refractivity contribution in [2.45, 2.75) is 0 Å². The van der Waals surface area contributed by atoms with Gasteiger partial charge in [-0.1, -0.05) is 6.58 Å². The first-order valence-corrected chi connectivity index (χ1v) is 2.46. The van der Waals surface area contributed by atoms with E-state index in [1.807, 2.05) is 0 Å². The lowest BCUT2D eigenvalue weighted by Gasteiger charge is -1.92. The van der Waals surface area contributed by atoms with Gasteiger partial charge in [0.05, 0.1) is 7.11 Å². The second kappa shape index (κ2) is 4.90. The lowest BCUT2D eigenvalue weighted by atomic mass is 10.6. The minimum absolute atomic E-state index is 0.455. The fraction of sp³-hybridized carbons (Fsp3) is 0.167. The summed E-state index contributed by atoms with van der Waals surface area (Å²) in [6.45, 7) is 3.45. The Morgan fingerprint density at radius 1 is 1.78 bits per heavy atom. The zero-order chi connectivity index (χ0) is 7.11. The molecule has 0 aromatic heterocycles. The third-order valence-corrected chi connectivity index (χ3v) is 0.672. The fourth-order valence-electron chi connectivity index (χ4n) is 0.305. The van der Waals surface area contributed by atoms with Crippen molar-refractivity contribution in [1.82, 2.24) is 0 Å². The van der Waals surface area contributed by atoms with E-state index in [1.165, 1.54) is 25.6 Å². The van der Waals surface area contributed by atoms with Gasteiger partial charge >= 0.3 is 0 Å². The smallest absolute Gasteiger partial charge is 0.212 e. The van der Waals surface area contributed by atoms with E-state index in [2.05, 4.69) is 11.6 Å². The molecule has 0 spiro atoms. The molecule has 0 amide bonds. The van der Waals surface area contributed by atoms with Crippen molar-refractivity contribution in [1.29, 1.82) is 0 Å². The third-order valence-electron chi connectivity index (χ3n) is 0.672. The summed E-state index contributed by atoms with van der Waals surface area (Å²) in [4.78, 5) is 3.75. The highest BCUT2D eigenvalue weighted by Crippen LogP contribution is 1.81. The van der Waals surface area contributed by atoms with Crippen LogP contribution in [-0.4, -0.2) is 13.0 Å². The first-order chi connectivity index (χ1) is 4.35. The van der Waals surface area contributed by atoms with E-state index >= 15 is 0 Å². The normalized spacial score (nSPS) is 11.9. The molecule has 0 bridgehead atoms. The van der Waals surface area contributed by atoms with Crippen molar-refractivity contribution < 1.29 is 4.74 Å². The lowest BCUT2D eigenvalue weighted by Crippen LogP contribution is -1.93. The minimum Gasteiger partial charge on any atom is -0.481 e. The molecule has 50 valence electrons. The molecule has 0 saturated heterocycles. The number of nitrogens with two attached hydrogens (primary N) is 1. The molecule has 0 radical (unpaired) electrons. The van der Waals surface area contributed by atoms with Gasteiger partial charge in [-0.2, -0.15) is 0 Å². The van der Waals surface area contributed by atoms with Crippen LogP contribution in [0.3, 0.4) is 0 Å². The molecule has 0 aromatic rings. The van der Waals surface area contributed by atoms with Gasteiger partial charge in [0.2, 0.25) is 5.90 Å². The summed E-state index contributed by atoms with van der Waals surface area (Å²) in [6, 6.07) is 0. The summed E-state index contributed by atoms with van der Waals surface area (Å²) in [5, 5.41) is 0. The molecule has 2 N–H and O–H groups in total. The van der Waals surface area contributed by atoms with E-state index in [-0.39, 0.29) is 0 Å². The SMILES string of the molecule is C=CC(=N/C=C/N)OC. The van der Waals surface area contributed by atoms with Crippen LogP contribution < -0.4 is 5.73 Å². The summed E-state index contributed by atoms with van der Waals surface area (Å²) in [5.74, 6) is 0.455. The van der Waals surface area contributed by atoms with E-state index in [4.69, 9.17) is 10.5 Å². The number of aliphatic imine (C=N–C) groups is 1.